The van der Waals surface area contributed by atoms with Crippen LogP contribution in [0.3, 0.4) is 0 Å². The van der Waals surface area contributed by atoms with Gasteiger partial charge in [0, 0.05) is 0 Å². The summed E-state index contributed by atoms with van der Waals surface area (Å²) in [5.41, 5.74) is -0.804. The van der Waals surface area contributed by atoms with Crippen molar-refractivity contribution in [2.45, 2.75) is 37.5 Å². The van der Waals surface area contributed by atoms with Crippen LogP contribution in [0, 0.1) is 23.5 Å². The van der Waals surface area contributed by atoms with Gasteiger partial charge in [0.25, 0.3) is 11.9 Å². The van der Waals surface area contributed by atoms with Crippen molar-refractivity contribution in [1.29, 1.82) is 0 Å². The largest absolute Gasteiger partial charge is 0.375 e. The van der Waals surface area contributed by atoms with E-state index in [1.165, 1.54) is 0 Å². The van der Waals surface area contributed by atoms with E-state index in [1.807, 2.05) is 0 Å². The summed E-state index contributed by atoms with van der Waals surface area (Å²) in [6.07, 6.45) is 2.17. The van der Waals surface area contributed by atoms with Crippen LogP contribution in [0.5, 0.6) is 0 Å². The van der Waals surface area contributed by atoms with Crippen LogP contribution < -0.4 is 5.32 Å². The van der Waals surface area contributed by atoms with Gasteiger partial charge in [0.05, 0.1) is 18.2 Å². The predicted molar refractivity (Wildman–Crippen MR) is 54.0 cm³/mol. The number of anilines is 1. The van der Waals surface area contributed by atoms with Crippen molar-refractivity contribution in [3.8, 4) is 0 Å². The lowest BCUT2D eigenvalue weighted by molar-refractivity contribution is 0.102. The summed E-state index contributed by atoms with van der Waals surface area (Å²) in [5.74, 6) is -6.31. The molecule has 0 radical (unpaired) electrons. The Morgan fingerprint density at radius 2 is 1.72 bits per heavy atom. The Bertz CT molecular complexity index is 470. The van der Waals surface area contributed by atoms with Crippen LogP contribution in [0.4, 0.5) is 23.2 Å². The standard InChI is InChI=1S/C11H10F4N2O/c12-7-9(8(13)11(15)17-10(7)14)16-5-3-4-1-2-6(5)18-4/h4-6H,1-3H2,(H,16,17). The number of fused-ring (bicyclic) bond motifs is 2. The molecule has 1 aromatic heterocycles. The molecule has 2 saturated heterocycles. The molecule has 3 unspecified atom stereocenters. The van der Waals surface area contributed by atoms with E-state index in [0.717, 1.165) is 12.8 Å². The third kappa shape index (κ3) is 1.73. The Balaban J connectivity index is 1.88. The van der Waals surface area contributed by atoms with Gasteiger partial charge in [-0.2, -0.15) is 22.5 Å². The molecule has 0 aromatic carbocycles. The number of aromatic nitrogens is 1. The second-order valence-corrected chi connectivity index (χ2v) is 4.56. The lowest BCUT2D eigenvalue weighted by atomic mass is 9.95. The highest BCUT2D eigenvalue weighted by atomic mass is 19.2. The Morgan fingerprint density at radius 3 is 2.22 bits per heavy atom. The summed E-state index contributed by atoms with van der Waals surface area (Å²) in [7, 11) is 0. The van der Waals surface area contributed by atoms with Gasteiger partial charge in [0.2, 0.25) is 11.6 Å². The van der Waals surface area contributed by atoms with Crippen LogP contribution in [-0.2, 0) is 4.74 Å². The molecule has 3 atom stereocenters. The molecule has 2 aliphatic rings. The van der Waals surface area contributed by atoms with Gasteiger partial charge in [-0.3, -0.25) is 0 Å². The van der Waals surface area contributed by atoms with Crippen molar-refractivity contribution >= 4 is 5.69 Å². The highest BCUT2D eigenvalue weighted by Crippen LogP contribution is 2.37. The number of halogens is 4. The first-order valence-corrected chi connectivity index (χ1v) is 5.68. The van der Waals surface area contributed by atoms with Gasteiger partial charge in [-0.25, -0.2) is 0 Å². The van der Waals surface area contributed by atoms with E-state index in [1.54, 1.807) is 0 Å². The summed E-state index contributed by atoms with van der Waals surface area (Å²) in [5, 5.41) is 2.50. The van der Waals surface area contributed by atoms with E-state index in [0.29, 0.717) is 6.42 Å². The quantitative estimate of drug-likeness (QED) is 0.656. The minimum atomic E-state index is -1.65. The maximum absolute atomic E-state index is 13.4. The monoisotopic (exact) mass is 262 g/mol. The molecule has 0 spiro atoms. The van der Waals surface area contributed by atoms with Crippen molar-refractivity contribution in [2.24, 2.45) is 0 Å². The molecular weight excluding hydrogens is 252 g/mol. The minimum Gasteiger partial charge on any atom is -0.375 e. The molecule has 2 aliphatic heterocycles. The molecular formula is C11H10F4N2O. The molecule has 1 N–H and O–H groups in total. The van der Waals surface area contributed by atoms with Crippen molar-refractivity contribution in [2.75, 3.05) is 5.32 Å². The topological polar surface area (TPSA) is 34.2 Å². The highest BCUT2D eigenvalue weighted by Gasteiger charge is 2.41. The van der Waals surface area contributed by atoms with Crippen LogP contribution in [0.1, 0.15) is 19.3 Å². The van der Waals surface area contributed by atoms with E-state index < -0.39 is 29.2 Å². The average molecular weight is 262 g/mol. The molecule has 0 amide bonds. The maximum atomic E-state index is 13.4. The lowest BCUT2D eigenvalue weighted by Gasteiger charge is -2.21. The number of hydrogen-bond donors (Lipinski definition) is 1. The molecule has 18 heavy (non-hydrogen) atoms. The fourth-order valence-electron chi connectivity index (χ4n) is 2.59. The van der Waals surface area contributed by atoms with Crippen LogP contribution in [0.15, 0.2) is 0 Å². The molecule has 0 saturated carbocycles. The Hall–Kier alpha value is -1.37. The van der Waals surface area contributed by atoms with Crippen molar-refractivity contribution in [3.05, 3.63) is 23.5 Å². The number of pyridine rings is 1. The third-order valence-electron chi connectivity index (χ3n) is 3.43. The summed E-state index contributed by atoms with van der Waals surface area (Å²) >= 11 is 0. The molecule has 98 valence electrons. The summed E-state index contributed by atoms with van der Waals surface area (Å²) in [4.78, 5) is 2.50. The van der Waals surface area contributed by atoms with Gasteiger partial charge < -0.3 is 10.1 Å². The lowest BCUT2D eigenvalue weighted by Crippen LogP contribution is -2.31. The van der Waals surface area contributed by atoms with Crippen LogP contribution >= 0.6 is 0 Å². The van der Waals surface area contributed by atoms with Gasteiger partial charge in [-0.1, -0.05) is 0 Å². The molecule has 3 nitrogen and oxygen atoms in total. The number of ether oxygens (including phenoxy) is 1. The van der Waals surface area contributed by atoms with Crippen LogP contribution in [0.2, 0.25) is 0 Å². The zero-order chi connectivity index (χ0) is 12.9. The van der Waals surface area contributed by atoms with Crippen molar-refractivity contribution in [3.63, 3.8) is 0 Å². The maximum Gasteiger partial charge on any atom is 0.253 e. The molecule has 3 rings (SSSR count). The molecule has 1 aromatic rings. The molecule has 0 aliphatic carbocycles. The fraction of sp³-hybridized carbons (Fsp3) is 0.545. The van der Waals surface area contributed by atoms with Crippen molar-refractivity contribution < 1.29 is 22.3 Å². The van der Waals surface area contributed by atoms with Gasteiger partial charge in [0.1, 0.15) is 5.69 Å². The number of hydrogen-bond acceptors (Lipinski definition) is 3. The SMILES string of the molecule is Fc1nc(F)c(F)c(NC2CC3CCC2O3)c1F. The van der Waals surface area contributed by atoms with E-state index >= 15 is 0 Å². The normalized spacial score (nSPS) is 29.9. The smallest absolute Gasteiger partial charge is 0.253 e. The summed E-state index contributed by atoms with van der Waals surface area (Å²) < 4.78 is 58.1. The Labute approximate surface area is 100 Å². The van der Waals surface area contributed by atoms with E-state index in [-0.39, 0.29) is 18.2 Å². The molecule has 7 heteroatoms. The number of rotatable bonds is 2. The van der Waals surface area contributed by atoms with Gasteiger partial charge in [-0.15, -0.1) is 0 Å². The van der Waals surface area contributed by atoms with Gasteiger partial charge in [-0.05, 0) is 19.3 Å². The number of nitrogens with one attached hydrogen (secondary N) is 1. The zero-order valence-corrected chi connectivity index (χ0v) is 9.22. The predicted octanol–water partition coefficient (Wildman–Crippen LogP) is 2.37. The van der Waals surface area contributed by atoms with Gasteiger partial charge in [0.15, 0.2) is 0 Å². The fourth-order valence-corrected chi connectivity index (χ4v) is 2.59. The average Bonchev–Trinajstić information content (AvgIpc) is 2.94. The Morgan fingerprint density at radius 1 is 1.06 bits per heavy atom. The highest BCUT2D eigenvalue weighted by molar-refractivity contribution is 5.46. The minimum absolute atomic E-state index is 0.0650. The van der Waals surface area contributed by atoms with E-state index in [2.05, 4.69) is 10.3 Å². The number of nitrogens with zero attached hydrogens (tertiary/aromatic N) is 1. The molecule has 2 bridgehead atoms. The molecule has 2 fully saturated rings. The van der Waals surface area contributed by atoms with Crippen molar-refractivity contribution in [1.82, 2.24) is 4.98 Å². The first-order valence-electron chi connectivity index (χ1n) is 5.68. The summed E-state index contributed by atoms with van der Waals surface area (Å²) in [6, 6.07) is -0.325. The third-order valence-corrected chi connectivity index (χ3v) is 3.43. The van der Waals surface area contributed by atoms with Crippen LogP contribution in [-0.4, -0.2) is 23.2 Å². The first-order chi connectivity index (χ1) is 8.56. The Kier molecular flexibility index (Phi) is 2.65. The zero-order valence-electron chi connectivity index (χ0n) is 9.22. The van der Waals surface area contributed by atoms with Crippen LogP contribution in [0.25, 0.3) is 0 Å². The van der Waals surface area contributed by atoms with Gasteiger partial charge >= 0.3 is 0 Å². The van der Waals surface area contributed by atoms with E-state index in [4.69, 9.17) is 4.74 Å². The second-order valence-electron chi connectivity index (χ2n) is 4.56. The first kappa shape index (κ1) is 11.7. The molecule has 3 heterocycles. The summed E-state index contributed by atoms with van der Waals surface area (Å²) in [6.45, 7) is 0. The second kappa shape index (κ2) is 4.08. The van der Waals surface area contributed by atoms with E-state index in [9.17, 15) is 17.6 Å².